The highest BCUT2D eigenvalue weighted by Crippen LogP contribution is 2.54. The van der Waals surface area contributed by atoms with Crippen LogP contribution in [-0.4, -0.2) is 102 Å². The highest BCUT2D eigenvalue weighted by atomic mass is 35.5. The van der Waals surface area contributed by atoms with Crippen molar-refractivity contribution in [2.75, 3.05) is 51.5 Å². The molecule has 45 heavy (non-hydrogen) atoms. The molecule has 0 bridgehead atoms. The third-order valence-electron chi connectivity index (χ3n) is 8.70. The second kappa shape index (κ2) is 14.4. The maximum Gasteiger partial charge on any atom is 0.255 e. The number of benzene rings is 1. The van der Waals surface area contributed by atoms with E-state index >= 15 is 0 Å². The van der Waals surface area contributed by atoms with Gasteiger partial charge >= 0.3 is 0 Å². The molecule has 2 amide bonds. The predicted octanol–water partition coefficient (Wildman–Crippen LogP) is 1.59. The van der Waals surface area contributed by atoms with Crippen LogP contribution >= 0.6 is 24.8 Å². The van der Waals surface area contributed by atoms with Gasteiger partial charge in [-0.2, -0.15) is 0 Å². The van der Waals surface area contributed by atoms with Crippen molar-refractivity contribution < 1.29 is 39.6 Å². The van der Waals surface area contributed by atoms with Crippen LogP contribution in [0.1, 0.15) is 43.7 Å². The molecule has 0 saturated heterocycles. The minimum absolute atomic E-state index is 0. The van der Waals surface area contributed by atoms with Crippen LogP contribution in [-0.2, 0) is 25.6 Å². The fraction of sp³-hybridized carbons (Fsp3) is 0.533. The van der Waals surface area contributed by atoms with Gasteiger partial charge in [0, 0.05) is 31.3 Å². The first-order valence-electron chi connectivity index (χ1n) is 14.4. The molecule has 1 saturated carbocycles. The number of halogens is 2. The molecule has 4 rings (SSSR count). The number of primary amides is 1. The molecule has 0 radical (unpaired) electrons. The summed E-state index contributed by atoms with van der Waals surface area (Å²) >= 11 is 0. The van der Waals surface area contributed by atoms with Crippen molar-refractivity contribution in [2.24, 2.45) is 17.6 Å². The molecule has 3 unspecified atom stereocenters. The van der Waals surface area contributed by atoms with Gasteiger partial charge in [0.2, 0.25) is 11.7 Å². The number of phenols is 1. The molecule has 250 valence electrons. The molecule has 1 fully saturated rings. The minimum Gasteiger partial charge on any atom is -0.508 e. The van der Waals surface area contributed by atoms with Gasteiger partial charge in [0.05, 0.1) is 23.8 Å². The zero-order valence-corrected chi connectivity index (χ0v) is 27.6. The number of hydrogen-bond donors (Lipinski definition) is 7. The van der Waals surface area contributed by atoms with Crippen molar-refractivity contribution in [3.63, 3.8) is 0 Å². The number of rotatable bonds is 10. The Balaban J connectivity index is 0.00000353. The summed E-state index contributed by atoms with van der Waals surface area (Å²) in [6, 6.07) is 0.426. The van der Waals surface area contributed by atoms with Gasteiger partial charge in [-0.25, -0.2) is 0 Å². The van der Waals surface area contributed by atoms with Crippen LogP contribution < -0.4 is 21.3 Å². The van der Waals surface area contributed by atoms with Gasteiger partial charge in [0.15, 0.2) is 11.4 Å². The molecular weight excluding hydrogens is 629 g/mol. The molecule has 4 atom stereocenters. The van der Waals surface area contributed by atoms with Gasteiger partial charge in [0.1, 0.15) is 22.8 Å². The number of fused-ring (bicyclic) bond motifs is 3. The number of hydrogen-bond acceptors (Lipinski definition) is 11. The monoisotopic (exact) mass is 671 g/mol. The largest absolute Gasteiger partial charge is 0.508 e. The summed E-state index contributed by atoms with van der Waals surface area (Å²) in [6.07, 6.45) is 3.11. The van der Waals surface area contributed by atoms with Crippen LogP contribution in [0.2, 0.25) is 0 Å². The number of amides is 2. The van der Waals surface area contributed by atoms with Crippen LogP contribution in [0.4, 0.5) is 11.4 Å². The summed E-state index contributed by atoms with van der Waals surface area (Å²) in [5.41, 5.74) is 2.53. The molecular formula is C30H43Cl2N5O8. The van der Waals surface area contributed by atoms with Crippen molar-refractivity contribution in [1.29, 1.82) is 0 Å². The van der Waals surface area contributed by atoms with Gasteiger partial charge in [-0.05, 0) is 57.5 Å². The summed E-state index contributed by atoms with van der Waals surface area (Å²) in [4.78, 5) is 55.4. The second-order valence-electron chi connectivity index (χ2n) is 11.9. The Labute approximate surface area is 274 Å². The Morgan fingerprint density at radius 3 is 2.29 bits per heavy atom. The van der Waals surface area contributed by atoms with E-state index in [1.54, 1.807) is 39.2 Å². The normalized spacial score (nSPS) is 23.8. The lowest BCUT2D eigenvalue weighted by Crippen LogP contribution is -2.65. The fourth-order valence-electron chi connectivity index (χ4n) is 6.68. The van der Waals surface area contributed by atoms with E-state index in [-0.39, 0.29) is 61.0 Å². The molecule has 0 aliphatic heterocycles. The number of Topliss-reactive ketones (excluding diaryl/α,β-unsaturated/α-hetero) is 2. The van der Waals surface area contributed by atoms with Crippen LogP contribution in [0.3, 0.4) is 0 Å². The van der Waals surface area contributed by atoms with Crippen LogP contribution in [0.5, 0.6) is 5.75 Å². The Bertz CT molecular complexity index is 1440. The number of phenolic OH excluding ortho intramolecular Hbond substituents is 1. The molecule has 8 N–H and O–H groups in total. The average molecular weight is 673 g/mol. The third kappa shape index (κ3) is 6.36. The first-order valence-corrected chi connectivity index (χ1v) is 14.4. The van der Waals surface area contributed by atoms with E-state index in [1.807, 2.05) is 0 Å². The van der Waals surface area contributed by atoms with E-state index in [0.717, 1.165) is 19.3 Å². The van der Waals surface area contributed by atoms with E-state index in [9.17, 15) is 39.6 Å². The molecule has 1 aromatic rings. The van der Waals surface area contributed by atoms with Crippen molar-refractivity contribution in [3.05, 3.63) is 34.1 Å². The zero-order valence-electron chi connectivity index (χ0n) is 26.0. The Morgan fingerprint density at radius 1 is 1.09 bits per heavy atom. The molecule has 0 spiro atoms. The molecule has 13 nitrogen and oxygen atoms in total. The van der Waals surface area contributed by atoms with Crippen molar-refractivity contribution in [1.82, 2.24) is 10.2 Å². The van der Waals surface area contributed by atoms with Crippen molar-refractivity contribution in [2.45, 2.75) is 50.7 Å². The summed E-state index contributed by atoms with van der Waals surface area (Å²) in [5.74, 6) is -7.70. The van der Waals surface area contributed by atoms with Crippen LogP contribution in [0.25, 0.3) is 5.76 Å². The Hall–Kier alpha value is -3.36. The van der Waals surface area contributed by atoms with Crippen LogP contribution in [0, 0.1) is 11.8 Å². The smallest absolute Gasteiger partial charge is 0.255 e. The Kier molecular flexibility index (Phi) is 12.1. The topological polar surface area (TPSA) is 206 Å². The van der Waals surface area contributed by atoms with E-state index in [1.165, 1.54) is 4.90 Å². The highest BCUT2D eigenvalue weighted by Gasteiger charge is 2.64. The number of carbonyl (C=O) groups is 4. The average Bonchev–Trinajstić information content (AvgIpc) is 2.91. The molecule has 0 aromatic heterocycles. The van der Waals surface area contributed by atoms with Crippen LogP contribution in [0.15, 0.2) is 23.0 Å². The van der Waals surface area contributed by atoms with Crippen molar-refractivity contribution >= 4 is 65.3 Å². The Morgan fingerprint density at radius 2 is 1.73 bits per heavy atom. The first-order chi connectivity index (χ1) is 20.2. The zero-order chi connectivity index (χ0) is 32.0. The highest BCUT2D eigenvalue weighted by molar-refractivity contribution is 6.24. The summed E-state index contributed by atoms with van der Waals surface area (Å²) in [5, 5.41) is 51.4. The SMILES string of the molecule is CCCCCNCC(=O)Nc1cc(N(C)C)c2c(c1O)C(O)=C1C(=O)C3(O)C(O)=C(C(N)=O)C(=O)[C@@H](N(C)C)C3CC1C2.Cl.Cl. The number of anilines is 2. The standard InChI is InChI=1S/C30H41N5O8.2ClH/c1-6-7-8-9-32-13-19(36)33-17-12-18(34(2)3)15-10-14-11-16-23(35(4)5)26(39)22(29(31)42)28(41)30(16,43)27(40)20(14)25(38)21(15)24(17)37;;/h12,14,16,23,32,37-38,41,43H,6-11,13H2,1-5H3,(H2,31,42)(H,33,36);2*1H/t14?,16?,23-,30?;;/m0../s1. The second-order valence-corrected chi connectivity index (χ2v) is 11.9. The number of aliphatic hydroxyl groups is 3. The van der Waals surface area contributed by atoms with Crippen molar-refractivity contribution in [3.8, 4) is 5.75 Å². The number of aromatic hydroxyl groups is 1. The number of carbonyl (C=O) groups excluding carboxylic acids is 4. The lowest BCUT2D eigenvalue weighted by molar-refractivity contribution is -0.153. The molecule has 3 aliphatic rings. The number of ketones is 2. The number of nitrogens with one attached hydrogen (secondary N) is 2. The summed E-state index contributed by atoms with van der Waals surface area (Å²) in [6.45, 7) is 2.73. The van der Waals surface area contributed by atoms with E-state index < -0.39 is 69.7 Å². The number of nitrogens with zero attached hydrogens (tertiary/aromatic N) is 2. The number of likely N-dealkylation sites (N-methyl/N-ethyl adjacent to an activating group) is 1. The fourth-order valence-corrected chi connectivity index (χ4v) is 6.68. The molecule has 1 aromatic carbocycles. The molecule has 15 heteroatoms. The number of unbranched alkanes of at least 4 members (excludes halogenated alkanes) is 2. The third-order valence-corrected chi connectivity index (χ3v) is 8.70. The molecule has 3 aliphatic carbocycles. The van der Waals surface area contributed by atoms with Gasteiger partial charge < -0.3 is 41.7 Å². The van der Waals surface area contributed by atoms with E-state index in [2.05, 4.69) is 17.6 Å². The lowest BCUT2D eigenvalue weighted by Gasteiger charge is -2.50. The first kappa shape index (κ1) is 37.8. The van der Waals surface area contributed by atoms with E-state index in [0.29, 0.717) is 17.8 Å². The van der Waals surface area contributed by atoms with Gasteiger partial charge in [-0.1, -0.05) is 19.8 Å². The van der Waals surface area contributed by atoms with E-state index in [4.69, 9.17) is 5.73 Å². The minimum atomic E-state index is -2.72. The summed E-state index contributed by atoms with van der Waals surface area (Å²) < 4.78 is 0. The molecule has 0 heterocycles. The summed E-state index contributed by atoms with van der Waals surface area (Å²) in [7, 11) is 6.60. The predicted molar refractivity (Wildman–Crippen MR) is 174 cm³/mol. The number of aliphatic hydroxyl groups excluding tert-OH is 2. The maximum atomic E-state index is 14.1. The maximum absolute atomic E-state index is 14.1. The van der Waals surface area contributed by atoms with Gasteiger partial charge in [-0.15, -0.1) is 24.8 Å². The quantitative estimate of drug-likeness (QED) is 0.108. The lowest BCUT2D eigenvalue weighted by atomic mass is 9.57. The van der Waals surface area contributed by atoms with Gasteiger partial charge in [0.25, 0.3) is 5.91 Å². The number of nitrogens with two attached hydrogens (primary N) is 1. The van der Waals surface area contributed by atoms with Gasteiger partial charge in [-0.3, -0.25) is 24.1 Å².